The minimum absolute atomic E-state index is 0.0702. The van der Waals surface area contributed by atoms with Crippen LogP contribution in [0.5, 0.6) is 0 Å². The molecular formula is C11H14FN5O4. The van der Waals surface area contributed by atoms with E-state index in [0.29, 0.717) is 4.73 Å². The lowest BCUT2D eigenvalue weighted by atomic mass is 10.1. The van der Waals surface area contributed by atoms with Crippen molar-refractivity contribution in [3.63, 3.8) is 0 Å². The fourth-order valence-corrected chi connectivity index (χ4v) is 2.36. The number of imidazole rings is 1. The van der Waals surface area contributed by atoms with Crippen LogP contribution >= 0.6 is 0 Å². The number of ether oxygens (including phenoxy) is 1. The number of aryl methyl sites for hydroxylation is 1. The second-order valence-corrected chi connectivity index (χ2v) is 4.83. The Hall–Kier alpha value is -2.04. The van der Waals surface area contributed by atoms with E-state index in [9.17, 15) is 14.7 Å². The maximum absolute atomic E-state index is 14.1. The Labute approximate surface area is 117 Å². The van der Waals surface area contributed by atoms with Crippen LogP contribution in [0.1, 0.15) is 12.1 Å². The third-order valence-corrected chi connectivity index (χ3v) is 3.53. The number of rotatable bonds is 2. The van der Waals surface area contributed by atoms with E-state index in [0.717, 1.165) is 0 Å². The second kappa shape index (κ2) is 4.76. The molecule has 1 saturated heterocycles. The number of hydrogen-bond donors (Lipinski definition) is 4. The van der Waals surface area contributed by atoms with E-state index in [-0.39, 0.29) is 22.5 Å². The highest BCUT2D eigenvalue weighted by molar-refractivity contribution is 5.69. The van der Waals surface area contributed by atoms with Crippen molar-refractivity contribution < 1.29 is 24.5 Å². The van der Waals surface area contributed by atoms with Gasteiger partial charge in [-0.3, -0.25) is 9.98 Å². The summed E-state index contributed by atoms with van der Waals surface area (Å²) in [4.78, 5) is 7.97. The molecule has 0 aliphatic carbocycles. The molecule has 2 aromatic heterocycles. The Morgan fingerprint density at radius 3 is 2.86 bits per heavy atom. The molecule has 21 heavy (non-hydrogen) atoms. The summed E-state index contributed by atoms with van der Waals surface area (Å²) >= 11 is 0. The molecule has 3 heterocycles. The predicted octanol–water partition coefficient (Wildman–Crippen LogP) is -1.15. The van der Waals surface area contributed by atoms with Crippen LogP contribution in [0.15, 0.2) is 6.33 Å². The number of aliphatic hydroxyl groups excluding tert-OH is 2. The number of alkyl halides is 1. The van der Waals surface area contributed by atoms with Crippen LogP contribution in [0.2, 0.25) is 0 Å². The van der Waals surface area contributed by atoms with Crippen molar-refractivity contribution >= 4 is 11.2 Å². The van der Waals surface area contributed by atoms with Crippen LogP contribution in [-0.4, -0.2) is 59.7 Å². The van der Waals surface area contributed by atoms with Crippen molar-refractivity contribution in [2.75, 3.05) is 6.61 Å². The number of nitrogens with zero attached hydrogens (tertiary/aromatic N) is 4. The molecule has 0 unspecified atom stereocenters. The molecule has 4 atom stereocenters. The predicted molar refractivity (Wildman–Crippen MR) is 65.2 cm³/mol. The molecular weight excluding hydrogens is 285 g/mol. The average Bonchev–Trinajstić information content (AvgIpc) is 2.99. The molecule has 0 saturated carbocycles. The normalized spacial score (nSPS) is 29.3. The average molecular weight is 299 g/mol. The van der Waals surface area contributed by atoms with Crippen molar-refractivity contribution in [3.05, 3.63) is 17.6 Å². The first-order valence-corrected chi connectivity index (χ1v) is 6.24. The van der Waals surface area contributed by atoms with Crippen LogP contribution in [0, 0.1) is 12.3 Å². The van der Waals surface area contributed by atoms with E-state index in [1.165, 1.54) is 17.8 Å². The van der Waals surface area contributed by atoms with Gasteiger partial charge in [0.15, 0.2) is 29.1 Å². The van der Waals surface area contributed by atoms with Crippen molar-refractivity contribution in [2.24, 2.45) is 0 Å². The van der Waals surface area contributed by atoms with Crippen LogP contribution in [0.25, 0.3) is 11.2 Å². The zero-order valence-electron chi connectivity index (χ0n) is 11.0. The molecule has 1 fully saturated rings. The maximum Gasteiger partial charge on any atom is 0.192 e. The number of aromatic nitrogens is 4. The first kappa shape index (κ1) is 13.9. The van der Waals surface area contributed by atoms with Crippen molar-refractivity contribution in [2.45, 2.75) is 31.5 Å². The molecule has 3 rings (SSSR count). The van der Waals surface area contributed by atoms with Crippen molar-refractivity contribution in [3.8, 4) is 0 Å². The third kappa shape index (κ3) is 1.91. The molecule has 0 spiro atoms. The fraction of sp³-hybridized carbons (Fsp3) is 0.545. The molecule has 2 aromatic rings. The highest BCUT2D eigenvalue weighted by atomic mass is 19.1. The Kier molecular flexibility index (Phi) is 3.15. The van der Waals surface area contributed by atoms with Gasteiger partial charge in [-0.15, -0.1) is 0 Å². The van der Waals surface area contributed by atoms with Gasteiger partial charge < -0.3 is 20.2 Å². The van der Waals surface area contributed by atoms with Gasteiger partial charge in [0.1, 0.15) is 18.0 Å². The summed E-state index contributed by atoms with van der Waals surface area (Å²) < 4.78 is 21.2. The standard InChI is InChI=1S/C11H14FN5O4/c1-4-15-10-7(9(13)17(4)20)14-3-16(10)11-6(12)8(19)5(2-18)21-11/h3,5-6,8,11,13,18-20H,2H2,1H3/t5-,6+,8-,11-/m1/s1. The molecule has 0 radical (unpaired) electrons. The molecule has 4 N–H and O–H groups in total. The second-order valence-electron chi connectivity index (χ2n) is 4.83. The van der Waals surface area contributed by atoms with Gasteiger partial charge in [-0.25, -0.2) is 14.4 Å². The molecule has 0 amide bonds. The first-order valence-electron chi connectivity index (χ1n) is 6.24. The largest absolute Gasteiger partial charge is 0.425 e. The zero-order valence-corrected chi connectivity index (χ0v) is 11.0. The van der Waals surface area contributed by atoms with Gasteiger partial charge in [0.2, 0.25) is 0 Å². The highest BCUT2D eigenvalue weighted by Gasteiger charge is 2.45. The maximum atomic E-state index is 14.1. The van der Waals surface area contributed by atoms with Crippen LogP contribution in [-0.2, 0) is 4.74 Å². The number of hydrogen-bond acceptors (Lipinski definition) is 7. The number of nitrogens with one attached hydrogen (secondary N) is 1. The third-order valence-electron chi connectivity index (χ3n) is 3.53. The monoisotopic (exact) mass is 299 g/mol. The molecule has 1 aliphatic heterocycles. The Balaban J connectivity index is 2.12. The topological polar surface area (TPSA) is 129 Å². The van der Waals surface area contributed by atoms with Crippen molar-refractivity contribution in [1.29, 1.82) is 5.41 Å². The van der Waals surface area contributed by atoms with Crippen LogP contribution < -0.4 is 5.49 Å². The lowest BCUT2D eigenvalue weighted by Gasteiger charge is -2.15. The molecule has 0 bridgehead atoms. The van der Waals surface area contributed by atoms with Crippen LogP contribution in [0.3, 0.4) is 0 Å². The summed E-state index contributed by atoms with van der Waals surface area (Å²) in [5.41, 5.74) is -0.0639. The summed E-state index contributed by atoms with van der Waals surface area (Å²) in [7, 11) is 0. The van der Waals surface area contributed by atoms with E-state index in [1.54, 1.807) is 0 Å². The summed E-state index contributed by atoms with van der Waals surface area (Å²) in [6.07, 6.45) is -4.25. The minimum Gasteiger partial charge on any atom is -0.425 e. The lowest BCUT2D eigenvalue weighted by molar-refractivity contribution is -0.0459. The van der Waals surface area contributed by atoms with E-state index in [4.69, 9.17) is 15.3 Å². The Bertz CT molecular complexity index is 744. The Morgan fingerprint density at radius 2 is 2.24 bits per heavy atom. The van der Waals surface area contributed by atoms with Gasteiger partial charge in [-0.1, -0.05) is 0 Å². The zero-order chi connectivity index (χ0) is 15.3. The molecule has 9 nitrogen and oxygen atoms in total. The molecule has 114 valence electrons. The van der Waals surface area contributed by atoms with E-state index in [2.05, 4.69) is 9.97 Å². The van der Waals surface area contributed by atoms with Crippen LogP contribution in [0.4, 0.5) is 4.39 Å². The minimum atomic E-state index is -1.77. The van der Waals surface area contributed by atoms with Gasteiger partial charge in [-0.05, 0) is 6.92 Å². The molecule has 10 heteroatoms. The van der Waals surface area contributed by atoms with E-state index >= 15 is 0 Å². The molecule has 0 aromatic carbocycles. The molecule has 1 aliphatic rings. The highest BCUT2D eigenvalue weighted by Crippen LogP contribution is 2.32. The fourth-order valence-electron chi connectivity index (χ4n) is 2.36. The number of aliphatic hydroxyl groups is 2. The van der Waals surface area contributed by atoms with Gasteiger partial charge in [0.25, 0.3) is 0 Å². The Morgan fingerprint density at radius 1 is 1.52 bits per heavy atom. The van der Waals surface area contributed by atoms with Gasteiger partial charge in [0.05, 0.1) is 12.9 Å². The van der Waals surface area contributed by atoms with Crippen molar-refractivity contribution in [1.82, 2.24) is 19.3 Å². The smallest absolute Gasteiger partial charge is 0.192 e. The van der Waals surface area contributed by atoms with Gasteiger partial charge >= 0.3 is 0 Å². The lowest BCUT2D eigenvalue weighted by Crippen LogP contribution is -2.30. The van der Waals surface area contributed by atoms with E-state index in [1.807, 2.05) is 0 Å². The van der Waals surface area contributed by atoms with Gasteiger partial charge in [-0.2, -0.15) is 4.73 Å². The first-order chi connectivity index (χ1) is 9.95. The summed E-state index contributed by atoms with van der Waals surface area (Å²) in [5, 5.41) is 36.0. The number of halogens is 1. The summed E-state index contributed by atoms with van der Waals surface area (Å²) in [6, 6.07) is 0. The summed E-state index contributed by atoms with van der Waals surface area (Å²) in [5.74, 6) is 0.127. The van der Waals surface area contributed by atoms with Gasteiger partial charge in [0, 0.05) is 0 Å². The number of fused-ring (bicyclic) bond motifs is 1. The van der Waals surface area contributed by atoms with E-state index < -0.39 is 31.2 Å². The summed E-state index contributed by atoms with van der Waals surface area (Å²) in [6.45, 7) is 0.958. The quantitative estimate of drug-likeness (QED) is 0.518. The SMILES string of the molecule is Cc1nc2c(ncn2[C@@H]2O[C@H](CO)[C@@H](O)[C@@H]2F)c(=N)n1O.